The molecule has 7 nitrogen and oxygen atoms in total. The molecule has 2 aliphatic heterocycles. The summed E-state index contributed by atoms with van der Waals surface area (Å²) in [7, 11) is -4.05. The van der Waals surface area contributed by atoms with Crippen molar-refractivity contribution >= 4 is 27.7 Å². The van der Waals surface area contributed by atoms with Gasteiger partial charge in [0.05, 0.1) is 22.6 Å². The summed E-state index contributed by atoms with van der Waals surface area (Å²) in [4.78, 5) is 15.1. The predicted octanol–water partition coefficient (Wildman–Crippen LogP) is 5.67. The molecule has 4 fully saturated rings. The van der Waals surface area contributed by atoms with E-state index in [0.717, 1.165) is 19.3 Å². The lowest BCUT2D eigenvalue weighted by molar-refractivity contribution is -0.0502. The standard InChI is InChI=1S/C29H34ClFN2O5S/c30-22-9-11-24(12-10-22)39(36,37)33-25(20-3-1-4-23(31)19-20)5-2-6-26(33)29(13-14-29)38-27(34)32-17-15-28(35,16-18-32)21-7-8-21/h1,3-4,9-12,19,21,25-26,35H,2,5-8,13-18H2. The van der Waals surface area contributed by atoms with E-state index in [0.29, 0.717) is 68.1 Å². The van der Waals surface area contributed by atoms with E-state index < -0.39 is 45.2 Å². The number of carbonyl (C=O) groups excluding carboxylic acids is 1. The molecule has 2 saturated heterocycles. The Bertz CT molecular complexity index is 1340. The first-order valence-corrected chi connectivity index (χ1v) is 15.7. The van der Waals surface area contributed by atoms with Crippen LogP contribution in [0.15, 0.2) is 53.4 Å². The fraction of sp³-hybridized carbons (Fsp3) is 0.552. The molecular weight excluding hydrogens is 543 g/mol. The molecule has 39 heavy (non-hydrogen) atoms. The number of benzene rings is 2. The summed E-state index contributed by atoms with van der Waals surface area (Å²) in [5.41, 5.74) is -1.05. The van der Waals surface area contributed by atoms with Gasteiger partial charge in [0.15, 0.2) is 0 Å². The van der Waals surface area contributed by atoms with Crippen molar-refractivity contribution in [1.82, 2.24) is 9.21 Å². The van der Waals surface area contributed by atoms with Gasteiger partial charge in [-0.1, -0.05) is 23.7 Å². The van der Waals surface area contributed by atoms with E-state index in [1.54, 1.807) is 17.0 Å². The molecule has 1 N–H and O–H groups in total. The molecular formula is C29H34ClFN2O5S. The minimum absolute atomic E-state index is 0.0951. The van der Waals surface area contributed by atoms with Gasteiger partial charge in [0, 0.05) is 18.1 Å². The summed E-state index contributed by atoms with van der Waals surface area (Å²) in [6, 6.07) is 10.9. The highest BCUT2D eigenvalue weighted by atomic mass is 35.5. The van der Waals surface area contributed by atoms with Crippen LogP contribution in [-0.2, 0) is 14.8 Å². The Morgan fingerprint density at radius 3 is 2.31 bits per heavy atom. The maximum atomic E-state index is 14.3. The predicted molar refractivity (Wildman–Crippen MR) is 144 cm³/mol. The number of nitrogens with zero attached hydrogens (tertiary/aromatic N) is 2. The Kier molecular flexibility index (Phi) is 6.93. The zero-order valence-electron chi connectivity index (χ0n) is 21.8. The SMILES string of the molecule is O=C(OC1(C2CCCC(c3cccc(F)c3)N2S(=O)(=O)c2ccc(Cl)cc2)CC1)N1CCC(O)(C2CC2)CC1. The lowest BCUT2D eigenvalue weighted by atomic mass is 9.87. The van der Waals surface area contributed by atoms with Crippen LogP contribution in [0.2, 0.25) is 5.02 Å². The van der Waals surface area contributed by atoms with Crippen molar-refractivity contribution in [2.75, 3.05) is 13.1 Å². The van der Waals surface area contributed by atoms with Gasteiger partial charge in [0.1, 0.15) is 11.4 Å². The fourth-order valence-corrected chi connectivity index (χ4v) is 8.58. The quantitative estimate of drug-likeness (QED) is 0.479. The van der Waals surface area contributed by atoms with E-state index in [1.165, 1.54) is 40.7 Å². The van der Waals surface area contributed by atoms with E-state index in [4.69, 9.17) is 16.3 Å². The summed E-state index contributed by atoms with van der Waals surface area (Å²) < 4.78 is 50.3. The van der Waals surface area contributed by atoms with Gasteiger partial charge in [0.25, 0.3) is 0 Å². The Labute approximate surface area is 233 Å². The number of hydrogen-bond acceptors (Lipinski definition) is 5. The third kappa shape index (κ3) is 5.19. The molecule has 10 heteroatoms. The van der Waals surface area contributed by atoms with Crippen molar-refractivity contribution in [1.29, 1.82) is 0 Å². The Hall–Kier alpha value is -2.20. The first-order chi connectivity index (χ1) is 18.6. The Morgan fingerprint density at radius 2 is 1.69 bits per heavy atom. The first kappa shape index (κ1) is 27.0. The fourth-order valence-electron chi connectivity index (χ4n) is 6.53. The van der Waals surface area contributed by atoms with Crippen molar-refractivity contribution < 1.29 is 27.4 Å². The van der Waals surface area contributed by atoms with Crippen molar-refractivity contribution in [2.24, 2.45) is 5.92 Å². The highest BCUT2D eigenvalue weighted by Crippen LogP contribution is 2.53. The molecule has 0 aromatic heterocycles. The van der Waals surface area contributed by atoms with Crippen molar-refractivity contribution in [3.8, 4) is 0 Å². The van der Waals surface area contributed by atoms with Gasteiger partial charge < -0.3 is 14.7 Å². The average molecular weight is 577 g/mol. The molecule has 2 aromatic rings. The molecule has 2 unspecified atom stereocenters. The first-order valence-electron chi connectivity index (χ1n) is 13.9. The second-order valence-electron chi connectivity index (χ2n) is 11.6. The third-order valence-electron chi connectivity index (χ3n) is 9.06. The number of aliphatic hydroxyl groups is 1. The Balaban J connectivity index is 1.29. The Morgan fingerprint density at radius 1 is 1.00 bits per heavy atom. The number of carbonyl (C=O) groups is 1. The van der Waals surface area contributed by atoms with Crippen LogP contribution in [0, 0.1) is 11.7 Å². The summed E-state index contributed by atoms with van der Waals surface area (Å²) >= 11 is 6.04. The zero-order valence-corrected chi connectivity index (χ0v) is 23.3. The van der Waals surface area contributed by atoms with Crippen LogP contribution < -0.4 is 0 Å². The van der Waals surface area contributed by atoms with Gasteiger partial charge in [-0.3, -0.25) is 0 Å². The van der Waals surface area contributed by atoms with Gasteiger partial charge in [-0.05, 0) is 106 Å². The molecule has 4 aliphatic rings. The molecule has 2 saturated carbocycles. The molecule has 2 atom stereocenters. The summed E-state index contributed by atoms with van der Waals surface area (Å²) in [5, 5.41) is 11.3. The number of likely N-dealkylation sites (tertiary alicyclic amines) is 1. The monoisotopic (exact) mass is 576 g/mol. The lowest BCUT2D eigenvalue weighted by Gasteiger charge is -2.45. The molecule has 2 heterocycles. The van der Waals surface area contributed by atoms with Crippen molar-refractivity contribution in [2.45, 2.75) is 86.0 Å². The van der Waals surface area contributed by atoms with Crippen molar-refractivity contribution in [3.63, 3.8) is 0 Å². The van der Waals surface area contributed by atoms with E-state index in [1.807, 2.05) is 0 Å². The second kappa shape index (κ2) is 10.0. The minimum atomic E-state index is -4.05. The normalized spacial score (nSPS) is 26.7. The summed E-state index contributed by atoms with van der Waals surface area (Å²) in [5.74, 6) is -0.0960. The topological polar surface area (TPSA) is 87.2 Å². The molecule has 0 spiro atoms. The van der Waals surface area contributed by atoms with Gasteiger partial charge in [-0.2, -0.15) is 4.31 Å². The molecule has 6 rings (SSSR count). The summed E-state index contributed by atoms with van der Waals surface area (Å²) in [6.07, 6.45) is 5.58. The largest absolute Gasteiger partial charge is 0.441 e. The van der Waals surface area contributed by atoms with Crippen LogP contribution in [0.5, 0.6) is 0 Å². The molecule has 210 valence electrons. The second-order valence-corrected chi connectivity index (χ2v) is 13.9. The number of amides is 1. The number of hydrogen-bond donors (Lipinski definition) is 1. The van der Waals surface area contributed by atoms with Crippen LogP contribution in [0.3, 0.4) is 0 Å². The zero-order chi connectivity index (χ0) is 27.4. The number of piperidine rings is 2. The van der Waals surface area contributed by atoms with E-state index in [2.05, 4.69) is 0 Å². The third-order valence-corrected chi connectivity index (χ3v) is 11.2. The maximum absolute atomic E-state index is 14.3. The highest BCUT2D eigenvalue weighted by molar-refractivity contribution is 7.89. The average Bonchev–Trinajstić information content (AvgIpc) is 3.84. The van der Waals surface area contributed by atoms with Gasteiger partial charge in [-0.15, -0.1) is 0 Å². The lowest BCUT2D eigenvalue weighted by Crippen LogP contribution is -2.55. The number of halogens is 2. The molecule has 2 aromatic carbocycles. The van der Waals surface area contributed by atoms with E-state index >= 15 is 0 Å². The molecule has 0 radical (unpaired) electrons. The minimum Gasteiger partial charge on any atom is -0.441 e. The van der Waals surface area contributed by atoms with Crippen molar-refractivity contribution in [3.05, 3.63) is 64.9 Å². The maximum Gasteiger partial charge on any atom is 0.410 e. The van der Waals surface area contributed by atoms with Crippen LogP contribution >= 0.6 is 11.6 Å². The van der Waals surface area contributed by atoms with Crippen LogP contribution in [0.25, 0.3) is 0 Å². The van der Waals surface area contributed by atoms with Gasteiger partial charge in [0.2, 0.25) is 10.0 Å². The van der Waals surface area contributed by atoms with E-state index in [9.17, 15) is 22.7 Å². The summed E-state index contributed by atoms with van der Waals surface area (Å²) in [6.45, 7) is 0.844. The molecule has 2 aliphatic carbocycles. The number of rotatable bonds is 6. The molecule has 0 bridgehead atoms. The van der Waals surface area contributed by atoms with Crippen LogP contribution in [0.4, 0.5) is 9.18 Å². The number of sulfonamides is 1. The van der Waals surface area contributed by atoms with Gasteiger partial charge in [-0.25, -0.2) is 17.6 Å². The van der Waals surface area contributed by atoms with Gasteiger partial charge >= 0.3 is 6.09 Å². The number of ether oxygens (including phenoxy) is 1. The van der Waals surface area contributed by atoms with Crippen LogP contribution in [0.1, 0.15) is 69.4 Å². The molecule has 1 amide bonds. The van der Waals surface area contributed by atoms with Crippen LogP contribution in [-0.4, -0.2) is 59.2 Å². The van der Waals surface area contributed by atoms with E-state index in [-0.39, 0.29) is 4.90 Å². The smallest absolute Gasteiger partial charge is 0.410 e. The highest BCUT2D eigenvalue weighted by Gasteiger charge is 2.60.